The van der Waals surface area contributed by atoms with Crippen molar-refractivity contribution in [3.05, 3.63) is 74.9 Å². The van der Waals surface area contributed by atoms with Gasteiger partial charge in [-0.3, -0.25) is 19.3 Å². The molecule has 4 rings (SSSR count). The van der Waals surface area contributed by atoms with Gasteiger partial charge in [0.25, 0.3) is 0 Å². The largest absolute Gasteiger partial charge is 0.366 e. The first kappa shape index (κ1) is 19.7. The molecule has 1 unspecified atom stereocenters. The third-order valence-corrected chi connectivity index (χ3v) is 6.28. The summed E-state index contributed by atoms with van der Waals surface area (Å²) in [6.45, 7) is 0. The van der Waals surface area contributed by atoms with Crippen molar-refractivity contribution in [1.29, 1.82) is 0 Å². The van der Waals surface area contributed by atoms with Gasteiger partial charge in [-0.15, -0.1) is 0 Å². The maximum atomic E-state index is 13.2. The zero-order valence-electron chi connectivity index (χ0n) is 15.5. The van der Waals surface area contributed by atoms with E-state index in [1.807, 2.05) is 6.07 Å². The Balaban J connectivity index is 1.85. The minimum atomic E-state index is -0.537. The molecule has 2 amide bonds. The number of benzene rings is 2. The molecule has 1 heterocycles. The summed E-state index contributed by atoms with van der Waals surface area (Å²) in [5.41, 5.74) is 8.29. The Morgan fingerprint density at radius 1 is 1.03 bits per heavy atom. The van der Waals surface area contributed by atoms with Crippen LogP contribution in [0.1, 0.15) is 47.5 Å². The zero-order chi connectivity index (χ0) is 20.7. The molecule has 2 aliphatic rings. The van der Waals surface area contributed by atoms with E-state index in [2.05, 4.69) is 0 Å². The number of carbonyl (C=O) groups is 3. The number of carbonyl (C=O) groups excluding carboxylic acids is 3. The molecule has 0 radical (unpaired) electrons. The van der Waals surface area contributed by atoms with E-state index >= 15 is 0 Å². The average Bonchev–Trinajstić information content (AvgIpc) is 2.70. The van der Waals surface area contributed by atoms with Gasteiger partial charge < -0.3 is 5.73 Å². The number of anilines is 1. The highest BCUT2D eigenvalue weighted by Gasteiger charge is 2.40. The second-order valence-corrected chi connectivity index (χ2v) is 7.96. The van der Waals surface area contributed by atoms with Gasteiger partial charge >= 0.3 is 0 Å². The van der Waals surface area contributed by atoms with Crippen molar-refractivity contribution in [1.82, 2.24) is 0 Å². The molecule has 148 valence electrons. The second-order valence-electron chi connectivity index (χ2n) is 7.18. The quantitative estimate of drug-likeness (QED) is 0.773. The summed E-state index contributed by atoms with van der Waals surface area (Å²) in [6.07, 6.45) is 1.84. The van der Waals surface area contributed by atoms with Crippen molar-refractivity contribution in [2.75, 3.05) is 4.90 Å². The molecule has 1 aliphatic carbocycles. The number of ketones is 1. The summed E-state index contributed by atoms with van der Waals surface area (Å²) in [5, 5.41) is 0.767. The van der Waals surface area contributed by atoms with Crippen LogP contribution in [0.3, 0.4) is 0 Å². The highest BCUT2D eigenvalue weighted by atomic mass is 35.5. The summed E-state index contributed by atoms with van der Waals surface area (Å²) < 4.78 is 0. The van der Waals surface area contributed by atoms with Gasteiger partial charge in [-0.05, 0) is 48.7 Å². The molecule has 0 spiro atoms. The molecule has 2 N–H and O–H groups in total. The van der Waals surface area contributed by atoms with Crippen LogP contribution in [0.5, 0.6) is 0 Å². The minimum Gasteiger partial charge on any atom is -0.366 e. The van der Waals surface area contributed by atoms with Crippen molar-refractivity contribution in [2.24, 2.45) is 5.73 Å². The number of hydrogen-bond donors (Lipinski definition) is 1. The van der Waals surface area contributed by atoms with Gasteiger partial charge in [0.2, 0.25) is 11.8 Å². The minimum absolute atomic E-state index is 0.0264. The fourth-order valence-electron chi connectivity index (χ4n) is 4.12. The first-order valence-corrected chi connectivity index (χ1v) is 10.1. The van der Waals surface area contributed by atoms with Gasteiger partial charge in [-0.2, -0.15) is 0 Å². The number of amides is 2. The Kier molecular flexibility index (Phi) is 5.19. The number of primary amides is 1. The highest BCUT2D eigenvalue weighted by Crippen LogP contribution is 2.45. The van der Waals surface area contributed by atoms with E-state index in [-0.39, 0.29) is 18.1 Å². The lowest BCUT2D eigenvalue weighted by atomic mass is 9.77. The van der Waals surface area contributed by atoms with E-state index in [9.17, 15) is 14.4 Å². The van der Waals surface area contributed by atoms with Crippen LogP contribution in [0.4, 0.5) is 5.69 Å². The molecule has 1 atom stereocenters. The molecule has 2 aromatic carbocycles. The Morgan fingerprint density at radius 3 is 2.45 bits per heavy atom. The molecule has 0 bridgehead atoms. The molecular formula is C22H18Cl2N2O3. The molecule has 7 heteroatoms. The topological polar surface area (TPSA) is 80.5 Å². The van der Waals surface area contributed by atoms with Crippen molar-refractivity contribution < 1.29 is 14.4 Å². The second kappa shape index (κ2) is 7.65. The summed E-state index contributed by atoms with van der Waals surface area (Å²) >= 11 is 12.6. The average molecular weight is 429 g/mol. The monoisotopic (exact) mass is 428 g/mol. The molecule has 2 aromatic rings. The predicted octanol–water partition coefficient (Wildman–Crippen LogP) is 4.62. The van der Waals surface area contributed by atoms with E-state index in [0.29, 0.717) is 57.4 Å². The third kappa shape index (κ3) is 3.45. The van der Waals surface area contributed by atoms with Gasteiger partial charge in [0, 0.05) is 41.3 Å². The van der Waals surface area contributed by atoms with Crippen molar-refractivity contribution >= 4 is 46.5 Å². The van der Waals surface area contributed by atoms with Crippen LogP contribution in [0.15, 0.2) is 53.7 Å². The third-order valence-electron chi connectivity index (χ3n) is 5.44. The number of allylic oxidation sites excluding steroid dienone is 2. The summed E-state index contributed by atoms with van der Waals surface area (Å²) in [7, 11) is 0. The van der Waals surface area contributed by atoms with Gasteiger partial charge in [-0.25, -0.2) is 0 Å². The van der Waals surface area contributed by atoms with Gasteiger partial charge in [0.1, 0.15) is 0 Å². The van der Waals surface area contributed by atoms with E-state index in [1.165, 1.54) is 0 Å². The molecule has 29 heavy (non-hydrogen) atoms. The standard InChI is InChI=1S/C22H18Cl2N2O3/c23-16-4-1-3-14(21(16)24)15-11-19(28)26(17-5-2-6-18(27)20(15)17)13-9-7-12(8-10-13)22(25)29/h1,3-4,7-10,15H,2,5-6,11H2,(H2,25,29). The Bertz CT molecular complexity index is 1060. The Morgan fingerprint density at radius 2 is 1.76 bits per heavy atom. The van der Waals surface area contributed by atoms with Crippen LogP contribution in [0.25, 0.3) is 0 Å². The van der Waals surface area contributed by atoms with Crippen LogP contribution >= 0.6 is 23.2 Å². The van der Waals surface area contributed by atoms with Crippen LogP contribution in [-0.2, 0) is 9.59 Å². The van der Waals surface area contributed by atoms with Crippen molar-refractivity contribution in [2.45, 2.75) is 31.6 Å². The van der Waals surface area contributed by atoms with Gasteiger partial charge in [0.05, 0.1) is 10.0 Å². The Labute approximate surface area is 178 Å². The Hall–Kier alpha value is -2.63. The normalized spacial score (nSPS) is 19.4. The van der Waals surface area contributed by atoms with E-state index in [4.69, 9.17) is 28.9 Å². The fraction of sp³-hybridized carbons (Fsp3) is 0.227. The lowest BCUT2D eigenvalue weighted by Gasteiger charge is -2.38. The van der Waals surface area contributed by atoms with Gasteiger partial charge in [-0.1, -0.05) is 35.3 Å². The van der Waals surface area contributed by atoms with Crippen molar-refractivity contribution in [3.8, 4) is 0 Å². The molecule has 5 nitrogen and oxygen atoms in total. The number of nitrogens with zero attached hydrogens (tertiary/aromatic N) is 1. The number of rotatable bonds is 3. The van der Waals surface area contributed by atoms with Crippen LogP contribution in [-0.4, -0.2) is 17.6 Å². The maximum Gasteiger partial charge on any atom is 0.248 e. The lowest BCUT2D eigenvalue weighted by molar-refractivity contribution is -0.119. The van der Waals surface area contributed by atoms with E-state index < -0.39 is 11.8 Å². The van der Waals surface area contributed by atoms with Crippen LogP contribution in [0.2, 0.25) is 10.0 Å². The van der Waals surface area contributed by atoms with Gasteiger partial charge in [0.15, 0.2) is 5.78 Å². The molecule has 1 aliphatic heterocycles. The number of hydrogen-bond acceptors (Lipinski definition) is 3. The molecule has 0 saturated carbocycles. The molecule has 0 aromatic heterocycles. The van der Waals surface area contributed by atoms with E-state index in [0.717, 1.165) is 0 Å². The van der Waals surface area contributed by atoms with Crippen LogP contribution in [0, 0.1) is 0 Å². The molecule has 0 saturated heterocycles. The lowest BCUT2D eigenvalue weighted by Crippen LogP contribution is -2.40. The molecule has 0 fully saturated rings. The zero-order valence-corrected chi connectivity index (χ0v) is 17.0. The maximum absolute atomic E-state index is 13.2. The predicted molar refractivity (Wildman–Crippen MR) is 112 cm³/mol. The smallest absolute Gasteiger partial charge is 0.248 e. The SMILES string of the molecule is NC(=O)c1ccc(N2C(=O)CC(c3cccc(Cl)c3Cl)C3=C2CCCC3=O)cc1. The van der Waals surface area contributed by atoms with Crippen LogP contribution < -0.4 is 10.6 Å². The molecular weight excluding hydrogens is 411 g/mol. The highest BCUT2D eigenvalue weighted by molar-refractivity contribution is 6.42. The number of nitrogens with two attached hydrogens (primary N) is 1. The van der Waals surface area contributed by atoms with E-state index in [1.54, 1.807) is 41.3 Å². The summed E-state index contributed by atoms with van der Waals surface area (Å²) in [4.78, 5) is 39.0. The fourth-order valence-corrected chi connectivity index (χ4v) is 4.56. The summed E-state index contributed by atoms with van der Waals surface area (Å²) in [5.74, 6) is -1.06. The first-order valence-electron chi connectivity index (χ1n) is 9.31. The summed E-state index contributed by atoms with van der Waals surface area (Å²) in [6, 6.07) is 11.8. The number of Topliss-reactive ketones (excluding diaryl/α,β-unsaturated/α-hetero) is 1. The van der Waals surface area contributed by atoms with Crippen molar-refractivity contribution in [3.63, 3.8) is 0 Å². The number of halogens is 2. The first-order chi connectivity index (χ1) is 13.9.